The van der Waals surface area contributed by atoms with Gasteiger partial charge in [0.25, 0.3) is 11.8 Å². The van der Waals surface area contributed by atoms with E-state index in [1.165, 1.54) is 4.90 Å². The Hall–Kier alpha value is -2.95. The predicted octanol–water partition coefficient (Wildman–Crippen LogP) is 2.70. The molecule has 1 aliphatic rings. The Morgan fingerprint density at radius 1 is 0.958 bits per heavy atom. The van der Waals surface area contributed by atoms with Crippen LogP contribution < -0.4 is 0 Å². The summed E-state index contributed by atoms with van der Waals surface area (Å²) in [4.78, 5) is 37.5. The quantitative estimate of drug-likeness (QED) is 0.627. The normalized spacial score (nSPS) is 13.1. The van der Waals surface area contributed by atoms with Gasteiger partial charge >= 0.3 is 5.97 Å². The zero-order chi connectivity index (χ0) is 17.1. The highest BCUT2D eigenvalue weighted by atomic mass is 16.5. The third-order valence-electron chi connectivity index (χ3n) is 3.97. The molecule has 0 spiro atoms. The van der Waals surface area contributed by atoms with Gasteiger partial charge in [-0.1, -0.05) is 24.3 Å². The van der Waals surface area contributed by atoms with Gasteiger partial charge in [0.2, 0.25) is 0 Å². The molecule has 0 fully saturated rings. The molecule has 0 unspecified atom stereocenters. The van der Waals surface area contributed by atoms with Crippen molar-refractivity contribution >= 4 is 17.8 Å². The molecule has 0 atom stereocenters. The lowest BCUT2D eigenvalue weighted by Gasteiger charge is -2.13. The molecule has 1 heterocycles. The highest BCUT2D eigenvalue weighted by molar-refractivity contribution is 6.21. The fourth-order valence-corrected chi connectivity index (χ4v) is 2.71. The molecule has 0 radical (unpaired) electrons. The van der Waals surface area contributed by atoms with Gasteiger partial charge in [-0.15, -0.1) is 0 Å². The monoisotopic (exact) mass is 323 g/mol. The molecule has 122 valence electrons. The minimum absolute atomic E-state index is 0.251. The van der Waals surface area contributed by atoms with Crippen molar-refractivity contribution < 1.29 is 19.1 Å². The average molecular weight is 323 g/mol. The molecule has 0 saturated heterocycles. The van der Waals surface area contributed by atoms with Crippen LogP contribution in [0.4, 0.5) is 0 Å². The average Bonchev–Trinajstić information content (AvgIpc) is 2.85. The Bertz CT molecular complexity index is 760. The van der Waals surface area contributed by atoms with Gasteiger partial charge < -0.3 is 4.74 Å². The first-order valence-electron chi connectivity index (χ1n) is 7.83. The Morgan fingerprint density at radius 3 is 2.08 bits per heavy atom. The number of hydrogen-bond donors (Lipinski definition) is 0. The van der Waals surface area contributed by atoms with Crippen LogP contribution in [0.3, 0.4) is 0 Å². The van der Waals surface area contributed by atoms with Gasteiger partial charge in [0.05, 0.1) is 23.3 Å². The SMILES string of the molecule is CCOC(=O)c1ccc(CCN2C(=O)c3ccccc3C2=O)cc1. The number of imide groups is 1. The van der Waals surface area contributed by atoms with E-state index >= 15 is 0 Å². The third-order valence-corrected chi connectivity index (χ3v) is 3.97. The molecule has 3 rings (SSSR count). The van der Waals surface area contributed by atoms with E-state index in [4.69, 9.17) is 4.74 Å². The third kappa shape index (κ3) is 2.93. The largest absolute Gasteiger partial charge is 0.462 e. The summed E-state index contributed by atoms with van der Waals surface area (Å²) in [7, 11) is 0. The van der Waals surface area contributed by atoms with E-state index < -0.39 is 0 Å². The maximum absolute atomic E-state index is 12.3. The van der Waals surface area contributed by atoms with E-state index in [2.05, 4.69) is 0 Å². The molecular formula is C19H17NO4. The van der Waals surface area contributed by atoms with Gasteiger partial charge in [-0.05, 0) is 43.2 Å². The number of fused-ring (bicyclic) bond motifs is 1. The van der Waals surface area contributed by atoms with Crippen LogP contribution in [-0.4, -0.2) is 35.8 Å². The predicted molar refractivity (Wildman–Crippen MR) is 87.9 cm³/mol. The van der Waals surface area contributed by atoms with Crippen LogP contribution in [0.1, 0.15) is 43.6 Å². The lowest BCUT2D eigenvalue weighted by atomic mass is 10.1. The molecular weight excluding hydrogens is 306 g/mol. The summed E-state index contributed by atoms with van der Waals surface area (Å²) in [6.45, 7) is 2.40. The van der Waals surface area contributed by atoms with Crippen molar-refractivity contribution in [2.45, 2.75) is 13.3 Å². The number of amides is 2. The van der Waals surface area contributed by atoms with Crippen molar-refractivity contribution in [2.75, 3.05) is 13.2 Å². The Kier molecular flexibility index (Phi) is 4.42. The molecule has 1 aliphatic heterocycles. The molecule has 2 aromatic rings. The van der Waals surface area contributed by atoms with Crippen molar-refractivity contribution in [1.29, 1.82) is 0 Å². The summed E-state index contributed by atoms with van der Waals surface area (Å²) in [5.41, 5.74) is 2.35. The summed E-state index contributed by atoms with van der Waals surface area (Å²) in [6.07, 6.45) is 0.536. The van der Waals surface area contributed by atoms with Crippen molar-refractivity contribution in [3.05, 3.63) is 70.8 Å². The number of ether oxygens (including phenoxy) is 1. The van der Waals surface area contributed by atoms with Crippen LogP contribution in [0.15, 0.2) is 48.5 Å². The second kappa shape index (κ2) is 6.66. The van der Waals surface area contributed by atoms with Gasteiger partial charge in [0.15, 0.2) is 0 Å². The molecule has 0 N–H and O–H groups in total. The zero-order valence-corrected chi connectivity index (χ0v) is 13.3. The Balaban J connectivity index is 1.66. The van der Waals surface area contributed by atoms with Crippen molar-refractivity contribution in [1.82, 2.24) is 4.90 Å². The molecule has 24 heavy (non-hydrogen) atoms. The van der Waals surface area contributed by atoms with Crippen LogP contribution in [0.2, 0.25) is 0 Å². The van der Waals surface area contributed by atoms with E-state index in [1.54, 1.807) is 43.3 Å². The molecule has 2 aromatic carbocycles. The number of benzene rings is 2. The summed E-state index contributed by atoms with van der Waals surface area (Å²) in [6, 6.07) is 13.8. The first kappa shape index (κ1) is 15.9. The lowest BCUT2D eigenvalue weighted by molar-refractivity contribution is 0.0525. The summed E-state index contributed by atoms with van der Waals surface area (Å²) in [5, 5.41) is 0. The van der Waals surface area contributed by atoms with Crippen LogP contribution in [0, 0.1) is 0 Å². The van der Waals surface area contributed by atoms with E-state index in [0.717, 1.165) is 5.56 Å². The van der Waals surface area contributed by atoms with E-state index in [1.807, 2.05) is 12.1 Å². The fraction of sp³-hybridized carbons (Fsp3) is 0.211. The summed E-state index contributed by atoms with van der Waals surface area (Å²) < 4.78 is 4.94. The molecule has 0 bridgehead atoms. The summed E-state index contributed by atoms with van der Waals surface area (Å²) in [5.74, 6) is -0.859. The maximum Gasteiger partial charge on any atom is 0.338 e. The summed E-state index contributed by atoms with van der Waals surface area (Å²) >= 11 is 0. The van der Waals surface area contributed by atoms with Crippen LogP contribution in [0.5, 0.6) is 0 Å². The second-order valence-corrected chi connectivity index (χ2v) is 5.47. The zero-order valence-electron chi connectivity index (χ0n) is 13.3. The van der Waals surface area contributed by atoms with E-state index in [0.29, 0.717) is 36.3 Å². The molecule has 0 aliphatic carbocycles. The second-order valence-electron chi connectivity index (χ2n) is 5.47. The minimum Gasteiger partial charge on any atom is -0.462 e. The number of carbonyl (C=O) groups excluding carboxylic acids is 3. The van der Waals surface area contributed by atoms with Crippen LogP contribution in [-0.2, 0) is 11.2 Å². The van der Waals surface area contributed by atoms with E-state index in [9.17, 15) is 14.4 Å². The highest BCUT2D eigenvalue weighted by Gasteiger charge is 2.34. The smallest absolute Gasteiger partial charge is 0.338 e. The van der Waals surface area contributed by atoms with E-state index in [-0.39, 0.29) is 17.8 Å². The Morgan fingerprint density at radius 2 is 1.54 bits per heavy atom. The first-order valence-corrected chi connectivity index (χ1v) is 7.83. The van der Waals surface area contributed by atoms with Crippen molar-refractivity contribution in [3.8, 4) is 0 Å². The molecule has 5 nitrogen and oxygen atoms in total. The topological polar surface area (TPSA) is 63.7 Å². The van der Waals surface area contributed by atoms with Crippen molar-refractivity contribution in [2.24, 2.45) is 0 Å². The van der Waals surface area contributed by atoms with Crippen LogP contribution >= 0.6 is 0 Å². The standard InChI is InChI=1S/C19H17NO4/c1-2-24-19(23)14-9-7-13(8-10-14)11-12-20-17(21)15-5-3-4-6-16(15)18(20)22/h3-10H,2,11-12H2,1H3. The molecule has 0 aromatic heterocycles. The van der Waals surface area contributed by atoms with Gasteiger partial charge in [-0.2, -0.15) is 0 Å². The molecule has 2 amide bonds. The fourth-order valence-electron chi connectivity index (χ4n) is 2.71. The number of rotatable bonds is 5. The molecule has 5 heteroatoms. The number of carbonyl (C=O) groups is 3. The minimum atomic E-state index is -0.357. The van der Waals surface area contributed by atoms with Gasteiger partial charge in [-0.3, -0.25) is 14.5 Å². The highest BCUT2D eigenvalue weighted by Crippen LogP contribution is 2.22. The molecule has 0 saturated carbocycles. The first-order chi connectivity index (χ1) is 11.6. The van der Waals surface area contributed by atoms with Gasteiger partial charge in [0.1, 0.15) is 0 Å². The van der Waals surface area contributed by atoms with Crippen molar-refractivity contribution in [3.63, 3.8) is 0 Å². The van der Waals surface area contributed by atoms with Gasteiger partial charge in [-0.25, -0.2) is 4.79 Å². The van der Waals surface area contributed by atoms with Gasteiger partial charge in [0, 0.05) is 6.54 Å². The Labute approximate surface area is 139 Å². The number of nitrogens with zero attached hydrogens (tertiary/aromatic N) is 1. The number of hydrogen-bond acceptors (Lipinski definition) is 4. The van der Waals surface area contributed by atoms with Crippen LogP contribution in [0.25, 0.3) is 0 Å². The number of esters is 1. The lowest BCUT2D eigenvalue weighted by Crippen LogP contribution is -2.31. The maximum atomic E-state index is 12.3.